The molecule has 0 bridgehead atoms. The maximum atomic E-state index is 12.9. The fourth-order valence-electron chi connectivity index (χ4n) is 4.35. The summed E-state index contributed by atoms with van der Waals surface area (Å²) in [5, 5.41) is 2.88. The molecule has 168 valence electrons. The molecule has 0 atom stereocenters. The summed E-state index contributed by atoms with van der Waals surface area (Å²) in [5.74, 6) is -0.366. The first-order valence-electron chi connectivity index (χ1n) is 11.0. The van der Waals surface area contributed by atoms with Crippen LogP contribution in [-0.4, -0.2) is 71.2 Å². The van der Waals surface area contributed by atoms with Crippen LogP contribution in [0.3, 0.4) is 0 Å². The summed E-state index contributed by atoms with van der Waals surface area (Å²) >= 11 is 0. The van der Waals surface area contributed by atoms with Gasteiger partial charge in [0, 0.05) is 45.7 Å². The SMILES string of the molecule is CCN(Cc1ccc(C(=O)N(C)C)cc1)C(=O)CCN1C(=O)NC2(CCCCC2)C1=O. The fourth-order valence-corrected chi connectivity index (χ4v) is 4.35. The first-order chi connectivity index (χ1) is 14.8. The monoisotopic (exact) mass is 428 g/mol. The highest BCUT2D eigenvalue weighted by atomic mass is 16.2. The van der Waals surface area contributed by atoms with Gasteiger partial charge in [-0.1, -0.05) is 31.4 Å². The molecule has 0 aromatic heterocycles. The van der Waals surface area contributed by atoms with Crippen molar-refractivity contribution in [3.8, 4) is 0 Å². The molecule has 0 unspecified atom stereocenters. The zero-order chi connectivity index (χ0) is 22.6. The first kappa shape index (κ1) is 22.8. The van der Waals surface area contributed by atoms with Gasteiger partial charge in [0.15, 0.2) is 0 Å². The predicted octanol–water partition coefficient (Wildman–Crippen LogP) is 2.38. The number of amides is 5. The summed E-state index contributed by atoms with van der Waals surface area (Å²) in [6.45, 7) is 2.92. The van der Waals surface area contributed by atoms with E-state index in [1.807, 2.05) is 19.1 Å². The smallest absolute Gasteiger partial charge is 0.325 e. The lowest BCUT2D eigenvalue weighted by atomic mass is 9.82. The molecule has 2 aliphatic rings. The van der Waals surface area contributed by atoms with Crippen LogP contribution in [0.1, 0.15) is 61.4 Å². The Kier molecular flexibility index (Phi) is 6.97. The van der Waals surface area contributed by atoms with Crippen molar-refractivity contribution in [2.45, 2.75) is 57.5 Å². The minimum Gasteiger partial charge on any atom is -0.345 e. The summed E-state index contributed by atoms with van der Waals surface area (Å²) in [7, 11) is 3.41. The molecular weight excluding hydrogens is 396 g/mol. The third-order valence-electron chi connectivity index (χ3n) is 6.22. The zero-order valence-corrected chi connectivity index (χ0v) is 18.6. The highest BCUT2D eigenvalue weighted by molar-refractivity contribution is 6.07. The van der Waals surface area contributed by atoms with Gasteiger partial charge in [-0.25, -0.2) is 4.79 Å². The Morgan fingerprint density at radius 2 is 1.71 bits per heavy atom. The molecule has 8 heteroatoms. The molecule has 3 rings (SSSR count). The largest absolute Gasteiger partial charge is 0.345 e. The number of benzene rings is 1. The quantitative estimate of drug-likeness (QED) is 0.675. The van der Waals surface area contributed by atoms with Crippen LogP contribution >= 0.6 is 0 Å². The molecular formula is C23H32N4O4. The first-order valence-corrected chi connectivity index (χ1v) is 11.0. The van der Waals surface area contributed by atoms with Gasteiger partial charge in [0.2, 0.25) is 5.91 Å². The molecule has 1 saturated heterocycles. The van der Waals surface area contributed by atoms with Crippen molar-refractivity contribution >= 4 is 23.8 Å². The lowest BCUT2D eigenvalue weighted by Gasteiger charge is -2.30. The third kappa shape index (κ3) is 4.89. The van der Waals surface area contributed by atoms with Crippen LogP contribution < -0.4 is 5.32 Å². The van der Waals surface area contributed by atoms with Gasteiger partial charge in [-0.05, 0) is 37.5 Å². The Morgan fingerprint density at radius 3 is 2.29 bits per heavy atom. The maximum absolute atomic E-state index is 12.9. The highest BCUT2D eigenvalue weighted by Crippen LogP contribution is 2.33. The van der Waals surface area contributed by atoms with E-state index in [0.717, 1.165) is 24.8 Å². The number of carbonyl (C=O) groups excluding carboxylic acids is 4. The van der Waals surface area contributed by atoms with Crippen molar-refractivity contribution in [1.29, 1.82) is 0 Å². The summed E-state index contributed by atoms with van der Waals surface area (Å²) in [4.78, 5) is 54.4. The lowest BCUT2D eigenvalue weighted by molar-refractivity contribution is -0.134. The van der Waals surface area contributed by atoms with Crippen LogP contribution in [0.4, 0.5) is 4.79 Å². The van der Waals surface area contributed by atoms with Crippen LogP contribution in [0.5, 0.6) is 0 Å². The molecule has 5 amide bonds. The number of hydrogen-bond acceptors (Lipinski definition) is 4. The molecule has 8 nitrogen and oxygen atoms in total. The number of imide groups is 1. The van der Waals surface area contributed by atoms with Crippen LogP contribution in [0.25, 0.3) is 0 Å². The van der Waals surface area contributed by atoms with Crippen molar-refractivity contribution in [2.24, 2.45) is 0 Å². The zero-order valence-electron chi connectivity index (χ0n) is 18.6. The Balaban J connectivity index is 1.57. The Hall–Kier alpha value is -2.90. The van der Waals surface area contributed by atoms with Crippen molar-refractivity contribution in [1.82, 2.24) is 20.0 Å². The Morgan fingerprint density at radius 1 is 1.06 bits per heavy atom. The minimum atomic E-state index is -0.755. The molecule has 0 radical (unpaired) electrons. The average Bonchev–Trinajstić information content (AvgIpc) is 2.99. The van der Waals surface area contributed by atoms with Crippen LogP contribution in [0.2, 0.25) is 0 Å². The van der Waals surface area contributed by atoms with E-state index in [0.29, 0.717) is 31.5 Å². The Bertz CT molecular complexity index is 844. The predicted molar refractivity (Wildman–Crippen MR) is 116 cm³/mol. The Labute approximate surface area is 183 Å². The van der Waals surface area contributed by atoms with Gasteiger partial charge in [-0.3, -0.25) is 19.3 Å². The van der Waals surface area contributed by atoms with Gasteiger partial charge in [0.05, 0.1) is 0 Å². The van der Waals surface area contributed by atoms with E-state index >= 15 is 0 Å². The van der Waals surface area contributed by atoms with E-state index in [-0.39, 0.29) is 36.7 Å². The molecule has 2 fully saturated rings. The van der Waals surface area contributed by atoms with Gasteiger partial charge in [0.1, 0.15) is 5.54 Å². The lowest BCUT2D eigenvalue weighted by Crippen LogP contribution is -2.48. The molecule has 1 heterocycles. The van der Waals surface area contributed by atoms with Crippen LogP contribution in [0.15, 0.2) is 24.3 Å². The second kappa shape index (κ2) is 9.49. The van der Waals surface area contributed by atoms with Gasteiger partial charge in [-0.15, -0.1) is 0 Å². The summed E-state index contributed by atoms with van der Waals surface area (Å²) in [6.07, 6.45) is 4.40. The van der Waals surface area contributed by atoms with Gasteiger partial charge in [-0.2, -0.15) is 0 Å². The average molecular weight is 429 g/mol. The van der Waals surface area contributed by atoms with E-state index in [1.54, 1.807) is 31.1 Å². The maximum Gasteiger partial charge on any atom is 0.325 e. The summed E-state index contributed by atoms with van der Waals surface area (Å²) in [5.41, 5.74) is 0.758. The number of nitrogens with one attached hydrogen (secondary N) is 1. The van der Waals surface area contributed by atoms with E-state index in [9.17, 15) is 19.2 Å². The van der Waals surface area contributed by atoms with Crippen molar-refractivity contribution < 1.29 is 19.2 Å². The second-order valence-corrected chi connectivity index (χ2v) is 8.58. The molecule has 1 aliphatic heterocycles. The van der Waals surface area contributed by atoms with E-state index in [4.69, 9.17) is 0 Å². The number of hydrogen-bond donors (Lipinski definition) is 1. The van der Waals surface area contributed by atoms with E-state index in [1.165, 1.54) is 9.80 Å². The topological polar surface area (TPSA) is 90.0 Å². The van der Waals surface area contributed by atoms with Gasteiger partial charge >= 0.3 is 6.03 Å². The number of carbonyl (C=O) groups is 4. The molecule has 1 spiro atoms. The van der Waals surface area contributed by atoms with E-state index < -0.39 is 5.54 Å². The molecule has 1 aliphatic carbocycles. The number of urea groups is 1. The normalized spacial score (nSPS) is 17.6. The van der Waals surface area contributed by atoms with E-state index in [2.05, 4.69) is 5.32 Å². The van der Waals surface area contributed by atoms with Crippen molar-refractivity contribution in [3.05, 3.63) is 35.4 Å². The van der Waals surface area contributed by atoms with Crippen molar-refractivity contribution in [2.75, 3.05) is 27.2 Å². The van der Waals surface area contributed by atoms with Crippen LogP contribution in [0, 0.1) is 0 Å². The second-order valence-electron chi connectivity index (χ2n) is 8.58. The summed E-state index contributed by atoms with van der Waals surface area (Å²) in [6, 6.07) is 6.82. The molecule has 1 aromatic rings. The van der Waals surface area contributed by atoms with Crippen molar-refractivity contribution in [3.63, 3.8) is 0 Å². The molecule has 31 heavy (non-hydrogen) atoms. The van der Waals surface area contributed by atoms with Crippen LogP contribution in [-0.2, 0) is 16.1 Å². The highest BCUT2D eigenvalue weighted by Gasteiger charge is 2.51. The number of nitrogens with zero attached hydrogens (tertiary/aromatic N) is 3. The summed E-state index contributed by atoms with van der Waals surface area (Å²) < 4.78 is 0. The number of rotatable bonds is 7. The molecule has 1 N–H and O–H groups in total. The van der Waals surface area contributed by atoms with Gasteiger partial charge < -0.3 is 15.1 Å². The molecule has 1 saturated carbocycles. The third-order valence-corrected chi connectivity index (χ3v) is 6.22. The minimum absolute atomic E-state index is 0.0701. The van der Waals surface area contributed by atoms with Gasteiger partial charge in [0.25, 0.3) is 11.8 Å². The fraction of sp³-hybridized carbons (Fsp3) is 0.565. The standard InChI is InChI=1S/C23H32N4O4/c1-4-26(16-17-8-10-18(11-9-17)20(29)25(2)3)19(28)12-15-27-21(30)23(24-22(27)31)13-6-5-7-14-23/h8-11H,4-7,12-16H2,1-3H3,(H,24,31). The molecule has 1 aromatic carbocycles.